The third kappa shape index (κ3) is 5.42. The third-order valence-corrected chi connectivity index (χ3v) is 4.66. The van der Waals surface area contributed by atoms with E-state index in [0.29, 0.717) is 13.0 Å². The van der Waals surface area contributed by atoms with E-state index in [1.165, 1.54) is 7.11 Å². The van der Waals surface area contributed by atoms with Gasteiger partial charge in [-0.15, -0.1) is 0 Å². The number of methoxy groups -OCH3 is 1. The van der Waals surface area contributed by atoms with E-state index in [0.717, 1.165) is 22.4 Å². The van der Waals surface area contributed by atoms with Gasteiger partial charge in [-0.05, 0) is 24.6 Å². The van der Waals surface area contributed by atoms with Crippen molar-refractivity contribution in [1.29, 1.82) is 0 Å². The first kappa shape index (κ1) is 20.5. The summed E-state index contributed by atoms with van der Waals surface area (Å²) in [6.45, 7) is 2.58. The van der Waals surface area contributed by atoms with Gasteiger partial charge in [0, 0.05) is 20.1 Å². The molecule has 1 atom stereocenters. The van der Waals surface area contributed by atoms with Crippen molar-refractivity contribution in [3.8, 4) is 0 Å². The number of hydrogen-bond acceptors (Lipinski definition) is 4. The highest BCUT2D eigenvalue weighted by Gasteiger charge is 2.15. The highest BCUT2D eigenvalue weighted by molar-refractivity contribution is 5.81. The van der Waals surface area contributed by atoms with Crippen LogP contribution in [0.2, 0.25) is 0 Å². The predicted molar refractivity (Wildman–Crippen MR) is 111 cm³/mol. The molecule has 2 N–H and O–H groups in total. The van der Waals surface area contributed by atoms with E-state index in [1.807, 2.05) is 66.1 Å². The number of carbonyl (C=O) groups is 2. The van der Waals surface area contributed by atoms with Gasteiger partial charge in [-0.25, -0.2) is 4.98 Å². The van der Waals surface area contributed by atoms with E-state index in [2.05, 4.69) is 15.6 Å². The maximum Gasteiger partial charge on any atom is 0.245 e. The van der Waals surface area contributed by atoms with Crippen molar-refractivity contribution in [3.05, 3.63) is 66.0 Å². The van der Waals surface area contributed by atoms with E-state index in [4.69, 9.17) is 4.74 Å². The van der Waals surface area contributed by atoms with Gasteiger partial charge in [0.15, 0.2) is 0 Å². The third-order valence-electron chi connectivity index (χ3n) is 4.66. The Kier molecular flexibility index (Phi) is 6.97. The molecule has 152 valence electrons. The van der Waals surface area contributed by atoms with Crippen molar-refractivity contribution < 1.29 is 14.3 Å². The van der Waals surface area contributed by atoms with Gasteiger partial charge in [0.05, 0.1) is 17.1 Å². The molecular formula is C22H26N4O3. The summed E-state index contributed by atoms with van der Waals surface area (Å²) in [5, 5.41) is 5.84. The lowest BCUT2D eigenvalue weighted by atomic mass is 10.1. The first-order chi connectivity index (χ1) is 14.1. The second-order valence-corrected chi connectivity index (χ2v) is 6.84. The van der Waals surface area contributed by atoms with Crippen LogP contribution in [-0.2, 0) is 27.3 Å². The number of aromatic nitrogens is 2. The quantitative estimate of drug-likeness (QED) is 0.583. The number of para-hydroxylation sites is 2. The molecule has 1 heterocycles. The summed E-state index contributed by atoms with van der Waals surface area (Å²) in [6.07, 6.45) is 0.519. The molecule has 0 aliphatic carbocycles. The fourth-order valence-corrected chi connectivity index (χ4v) is 3.24. The van der Waals surface area contributed by atoms with Gasteiger partial charge in [-0.1, -0.05) is 42.5 Å². The number of imidazole rings is 1. The van der Waals surface area contributed by atoms with Gasteiger partial charge >= 0.3 is 0 Å². The summed E-state index contributed by atoms with van der Waals surface area (Å²) in [5.74, 6) is 0.491. The molecule has 3 aromatic rings. The fraction of sp³-hybridized carbons (Fsp3) is 0.318. The lowest BCUT2D eigenvalue weighted by Crippen LogP contribution is -2.32. The van der Waals surface area contributed by atoms with Gasteiger partial charge in [0.2, 0.25) is 11.8 Å². The molecule has 7 nitrogen and oxygen atoms in total. The van der Waals surface area contributed by atoms with Crippen LogP contribution in [-0.4, -0.2) is 41.6 Å². The van der Waals surface area contributed by atoms with Crippen LogP contribution in [0.25, 0.3) is 11.0 Å². The minimum atomic E-state index is -0.176. The van der Waals surface area contributed by atoms with Gasteiger partial charge in [-0.2, -0.15) is 0 Å². The van der Waals surface area contributed by atoms with Crippen LogP contribution in [0, 0.1) is 0 Å². The molecular weight excluding hydrogens is 368 g/mol. The Balaban J connectivity index is 1.71. The van der Waals surface area contributed by atoms with Crippen molar-refractivity contribution in [1.82, 2.24) is 20.2 Å². The Morgan fingerprint density at radius 3 is 2.55 bits per heavy atom. The molecule has 29 heavy (non-hydrogen) atoms. The van der Waals surface area contributed by atoms with Crippen LogP contribution >= 0.6 is 0 Å². The minimum absolute atomic E-state index is 0.0240. The predicted octanol–water partition coefficient (Wildman–Crippen LogP) is 2.22. The molecule has 0 saturated heterocycles. The summed E-state index contributed by atoms with van der Waals surface area (Å²) in [4.78, 5) is 29.0. The number of nitrogens with zero attached hydrogens (tertiary/aromatic N) is 2. The molecule has 7 heteroatoms. The zero-order valence-electron chi connectivity index (χ0n) is 16.7. The molecule has 0 bridgehead atoms. The number of amides is 2. The Morgan fingerprint density at radius 2 is 1.79 bits per heavy atom. The molecule has 2 aromatic carbocycles. The summed E-state index contributed by atoms with van der Waals surface area (Å²) < 4.78 is 6.73. The van der Waals surface area contributed by atoms with Gasteiger partial charge in [0.25, 0.3) is 0 Å². The Bertz CT molecular complexity index is 969. The van der Waals surface area contributed by atoms with Crippen molar-refractivity contribution >= 4 is 22.8 Å². The summed E-state index contributed by atoms with van der Waals surface area (Å²) in [5.41, 5.74) is 2.78. The van der Waals surface area contributed by atoms with E-state index in [9.17, 15) is 9.59 Å². The van der Waals surface area contributed by atoms with Gasteiger partial charge in [-0.3, -0.25) is 9.59 Å². The zero-order chi connectivity index (χ0) is 20.6. The molecule has 3 rings (SSSR count). The second-order valence-electron chi connectivity index (χ2n) is 6.84. The highest BCUT2D eigenvalue weighted by atomic mass is 16.5. The van der Waals surface area contributed by atoms with Crippen LogP contribution in [0.15, 0.2) is 54.6 Å². The molecule has 0 radical (unpaired) electrons. The van der Waals surface area contributed by atoms with Gasteiger partial charge < -0.3 is 19.9 Å². The first-order valence-electron chi connectivity index (χ1n) is 9.62. The lowest BCUT2D eigenvalue weighted by molar-refractivity contribution is -0.125. The second kappa shape index (κ2) is 9.84. The van der Waals surface area contributed by atoms with Crippen LogP contribution in [0.4, 0.5) is 0 Å². The van der Waals surface area contributed by atoms with Gasteiger partial charge in [0.1, 0.15) is 19.0 Å². The van der Waals surface area contributed by atoms with Crippen LogP contribution in [0.3, 0.4) is 0 Å². The van der Waals surface area contributed by atoms with Crippen molar-refractivity contribution in [3.63, 3.8) is 0 Å². The Labute approximate surface area is 170 Å². The number of carbonyl (C=O) groups excluding carboxylic acids is 2. The van der Waals surface area contributed by atoms with E-state index in [-0.39, 0.29) is 31.0 Å². The maximum absolute atomic E-state index is 12.7. The summed E-state index contributed by atoms with van der Waals surface area (Å²) in [6, 6.07) is 17.5. The number of benzene rings is 2. The fourth-order valence-electron chi connectivity index (χ4n) is 3.24. The topological polar surface area (TPSA) is 85.2 Å². The average molecular weight is 394 g/mol. The molecule has 1 unspecified atom stereocenters. The molecule has 0 saturated carbocycles. The smallest absolute Gasteiger partial charge is 0.245 e. The largest absolute Gasteiger partial charge is 0.375 e. The number of ether oxygens (including phenoxy) is 1. The van der Waals surface area contributed by atoms with E-state index >= 15 is 0 Å². The number of fused-ring (bicyclic) bond motifs is 1. The normalized spacial score (nSPS) is 11.9. The maximum atomic E-state index is 12.7. The summed E-state index contributed by atoms with van der Waals surface area (Å²) in [7, 11) is 1.48. The Hall–Kier alpha value is -3.19. The molecule has 0 spiro atoms. The number of nitrogens with one attached hydrogen (secondary N) is 2. The monoisotopic (exact) mass is 394 g/mol. The number of hydrogen-bond donors (Lipinski definition) is 2. The molecule has 0 fully saturated rings. The summed E-state index contributed by atoms with van der Waals surface area (Å²) >= 11 is 0. The first-order valence-corrected chi connectivity index (χ1v) is 9.62. The van der Waals surface area contributed by atoms with Crippen LogP contribution in [0.1, 0.15) is 24.4 Å². The van der Waals surface area contributed by atoms with Crippen LogP contribution < -0.4 is 10.6 Å². The Morgan fingerprint density at radius 1 is 1.07 bits per heavy atom. The lowest BCUT2D eigenvalue weighted by Gasteiger charge is -2.16. The highest BCUT2D eigenvalue weighted by Crippen LogP contribution is 2.17. The SMILES string of the molecule is COCC(=O)NCCc1nc2ccccc2n1CC(=O)NC(C)c1ccccc1. The average Bonchev–Trinajstić information content (AvgIpc) is 3.06. The molecule has 2 amide bonds. The minimum Gasteiger partial charge on any atom is -0.375 e. The zero-order valence-corrected chi connectivity index (χ0v) is 16.7. The van der Waals surface area contributed by atoms with Crippen LogP contribution in [0.5, 0.6) is 0 Å². The molecule has 0 aliphatic rings. The van der Waals surface area contributed by atoms with Crippen molar-refractivity contribution in [2.24, 2.45) is 0 Å². The van der Waals surface area contributed by atoms with Crippen molar-refractivity contribution in [2.75, 3.05) is 20.3 Å². The molecule has 0 aliphatic heterocycles. The molecule has 1 aromatic heterocycles. The van der Waals surface area contributed by atoms with E-state index < -0.39 is 0 Å². The number of rotatable bonds is 9. The van der Waals surface area contributed by atoms with E-state index in [1.54, 1.807) is 0 Å². The van der Waals surface area contributed by atoms with Crippen molar-refractivity contribution in [2.45, 2.75) is 25.9 Å². The standard InChI is InChI=1S/C22H26N4O3/c1-16(17-8-4-3-5-9-17)24-21(27)14-26-19-11-7-6-10-18(19)25-20(26)12-13-23-22(28)15-29-2/h3-11,16H,12-15H2,1-2H3,(H,23,28)(H,24,27).